The predicted octanol–water partition coefficient (Wildman–Crippen LogP) is 2.08. The minimum absolute atomic E-state index is 0.131. The van der Waals surface area contributed by atoms with E-state index in [-0.39, 0.29) is 24.4 Å². The van der Waals surface area contributed by atoms with E-state index in [9.17, 15) is 18.0 Å². The van der Waals surface area contributed by atoms with Crippen molar-refractivity contribution in [3.8, 4) is 5.75 Å². The van der Waals surface area contributed by atoms with E-state index in [2.05, 4.69) is 0 Å². The van der Waals surface area contributed by atoms with E-state index in [1.165, 1.54) is 13.0 Å². The molecule has 2 rings (SSSR count). The number of hydrogen-bond donors (Lipinski definition) is 1. The average Bonchev–Trinajstić information content (AvgIpc) is 2.37. The van der Waals surface area contributed by atoms with Gasteiger partial charge in [0.25, 0.3) is 5.91 Å². The van der Waals surface area contributed by atoms with Gasteiger partial charge >= 0.3 is 6.18 Å². The summed E-state index contributed by atoms with van der Waals surface area (Å²) >= 11 is 0. The normalized spacial score (nSPS) is 20.4. The minimum atomic E-state index is -4.54. The van der Waals surface area contributed by atoms with E-state index in [1.807, 2.05) is 0 Å². The lowest BCUT2D eigenvalue weighted by Gasteiger charge is -2.38. The first-order chi connectivity index (χ1) is 9.36. The second-order valence-electron chi connectivity index (χ2n) is 4.57. The van der Waals surface area contributed by atoms with Crippen LogP contribution in [0.5, 0.6) is 5.75 Å². The van der Waals surface area contributed by atoms with Crippen molar-refractivity contribution in [1.29, 1.82) is 0 Å². The molecule has 1 amide bonds. The van der Waals surface area contributed by atoms with E-state index in [0.29, 0.717) is 0 Å². The van der Waals surface area contributed by atoms with Crippen LogP contribution in [-0.4, -0.2) is 30.8 Å². The number of nitrogens with zero attached hydrogens (tertiary/aromatic N) is 1. The third-order valence-electron chi connectivity index (χ3n) is 3.14. The van der Waals surface area contributed by atoms with Gasteiger partial charge in [0.15, 0.2) is 6.10 Å². The molecule has 0 radical (unpaired) electrons. The van der Waals surface area contributed by atoms with Crippen LogP contribution in [-0.2, 0) is 4.79 Å². The summed E-state index contributed by atoms with van der Waals surface area (Å²) in [4.78, 5) is 12.9. The van der Waals surface area contributed by atoms with Gasteiger partial charge < -0.3 is 10.5 Å². The lowest BCUT2D eigenvalue weighted by Crippen LogP contribution is -2.55. The summed E-state index contributed by atoms with van der Waals surface area (Å²) in [6, 6.07) is 4.25. The molecule has 2 unspecified atom stereocenters. The maximum absolute atomic E-state index is 13.2. The molecule has 0 saturated heterocycles. The number of amides is 1. The van der Waals surface area contributed by atoms with E-state index >= 15 is 0 Å². The van der Waals surface area contributed by atoms with Gasteiger partial charge in [-0.2, -0.15) is 13.2 Å². The smallest absolute Gasteiger partial charge is 0.409 e. The Labute approximate surface area is 114 Å². The largest absolute Gasteiger partial charge is 0.479 e. The molecule has 2 atom stereocenters. The van der Waals surface area contributed by atoms with Gasteiger partial charge in [0.1, 0.15) is 11.8 Å². The molecule has 20 heavy (non-hydrogen) atoms. The molecule has 7 heteroatoms. The number of nitrogens with two attached hydrogens (primary N) is 1. The summed E-state index contributed by atoms with van der Waals surface area (Å²) in [6.07, 6.45) is -5.84. The Bertz CT molecular complexity index is 505. The zero-order valence-corrected chi connectivity index (χ0v) is 10.9. The number of alkyl halides is 3. The number of para-hydroxylation sites is 2. The number of ether oxygens (including phenoxy) is 1. The molecule has 1 aliphatic heterocycles. The lowest BCUT2D eigenvalue weighted by molar-refractivity contribution is -0.157. The summed E-state index contributed by atoms with van der Waals surface area (Å²) in [5, 5.41) is 0. The van der Waals surface area contributed by atoms with Gasteiger partial charge in [-0.3, -0.25) is 9.69 Å². The average molecular weight is 288 g/mol. The van der Waals surface area contributed by atoms with Crippen LogP contribution >= 0.6 is 0 Å². The zero-order valence-electron chi connectivity index (χ0n) is 10.9. The summed E-state index contributed by atoms with van der Waals surface area (Å²) in [7, 11) is 0. The lowest BCUT2D eigenvalue weighted by atomic mass is 10.1. The maximum atomic E-state index is 13.2. The third-order valence-corrected chi connectivity index (χ3v) is 3.14. The van der Waals surface area contributed by atoms with E-state index in [1.54, 1.807) is 18.2 Å². The molecule has 0 aliphatic carbocycles. The molecule has 1 aromatic rings. The Balaban J connectivity index is 2.49. The molecule has 4 nitrogen and oxygen atoms in total. The highest BCUT2D eigenvalue weighted by atomic mass is 19.4. The van der Waals surface area contributed by atoms with Gasteiger partial charge in [-0.1, -0.05) is 12.1 Å². The van der Waals surface area contributed by atoms with E-state index < -0.39 is 24.2 Å². The highest BCUT2D eigenvalue weighted by Gasteiger charge is 2.48. The summed E-state index contributed by atoms with van der Waals surface area (Å²) in [6.45, 7) is 1.27. The number of anilines is 1. The fraction of sp³-hybridized carbons (Fsp3) is 0.462. The predicted molar refractivity (Wildman–Crippen MR) is 67.5 cm³/mol. The molecule has 1 aliphatic rings. The van der Waals surface area contributed by atoms with Gasteiger partial charge in [-0.05, 0) is 32.0 Å². The van der Waals surface area contributed by atoms with E-state index in [0.717, 1.165) is 4.90 Å². The van der Waals surface area contributed by atoms with Gasteiger partial charge in [0, 0.05) is 0 Å². The van der Waals surface area contributed by atoms with Crippen molar-refractivity contribution < 1.29 is 22.7 Å². The second kappa shape index (κ2) is 5.32. The van der Waals surface area contributed by atoms with Crippen molar-refractivity contribution in [2.75, 3.05) is 11.4 Å². The quantitative estimate of drug-likeness (QED) is 0.926. The Morgan fingerprint density at radius 2 is 2.05 bits per heavy atom. The van der Waals surface area contributed by atoms with Crippen LogP contribution in [0.3, 0.4) is 0 Å². The maximum Gasteiger partial charge on any atom is 0.409 e. The third kappa shape index (κ3) is 2.58. The SMILES string of the molecule is CC1Oc2ccccc2N(C(CCN)C(F)(F)F)C1=O. The number of carbonyl (C=O) groups excluding carboxylic acids is 1. The molecule has 0 bridgehead atoms. The summed E-state index contributed by atoms with van der Waals surface area (Å²) in [5.74, 6) is -0.439. The Kier molecular flexibility index (Phi) is 3.89. The minimum Gasteiger partial charge on any atom is -0.479 e. The molecular formula is C13H15F3N2O2. The molecule has 0 aromatic heterocycles. The molecule has 0 spiro atoms. The monoisotopic (exact) mass is 288 g/mol. The zero-order chi connectivity index (χ0) is 14.9. The van der Waals surface area contributed by atoms with Gasteiger partial charge in [-0.15, -0.1) is 0 Å². The van der Waals surface area contributed by atoms with Crippen molar-refractivity contribution >= 4 is 11.6 Å². The summed E-state index contributed by atoms with van der Waals surface area (Å²) in [5.41, 5.74) is 5.39. The fourth-order valence-corrected chi connectivity index (χ4v) is 2.23. The number of rotatable bonds is 3. The standard InChI is InChI=1S/C13H15F3N2O2/c1-8-12(19)18(11(6-7-17)13(14,15)16)9-4-2-3-5-10(9)20-8/h2-5,8,11H,6-7,17H2,1H3. The molecule has 110 valence electrons. The number of benzene rings is 1. The molecule has 0 saturated carbocycles. The van der Waals surface area contributed by atoms with Crippen molar-refractivity contribution in [3.05, 3.63) is 24.3 Å². The first-order valence-electron chi connectivity index (χ1n) is 6.21. The first-order valence-corrected chi connectivity index (χ1v) is 6.21. The molecule has 1 aromatic carbocycles. The van der Waals surface area contributed by atoms with Crippen LogP contribution < -0.4 is 15.4 Å². The molecule has 0 fully saturated rings. The van der Waals surface area contributed by atoms with Crippen LogP contribution in [0.1, 0.15) is 13.3 Å². The van der Waals surface area contributed by atoms with Crippen LogP contribution in [0.15, 0.2) is 24.3 Å². The molecule has 1 heterocycles. The topological polar surface area (TPSA) is 55.6 Å². The number of fused-ring (bicyclic) bond motifs is 1. The van der Waals surface area contributed by atoms with Crippen molar-refractivity contribution in [3.63, 3.8) is 0 Å². The Morgan fingerprint density at radius 1 is 1.40 bits per heavy atom. The van der Waals surface area contributed by atoms with Crippen LogP contribution in [0.25, 0.3) is 0 Å². The van der Waals surface area contributed by atoms with Crippen LogP contribution in [0.2, 0.25) is 0 Å². The molecular weight excluding hydrogens is 273 g/mol. The second-order valence-corrected chi connectivity index (χ2v) is 4.57. The highest BCUT2D eigenvalue weighted by Crippen LogP contribution is 2.39. The summed E-state index contributed by atoms with van der Waals surface area (Å²) < 4.78 is 44.9. The highest BCUT2D eigenvalue weighted by molar-refractivity contribution is 6.00. The number of carbonyl (C=O) groups is 1. The van der Waals surface area contributed by atoms with Gasteiger partial charge in [-0.25, -0.2) is 0 Å². The molecule has 2 N–H and O–H groups in total. The Morgan fingerprint density at radius 3 is 2.65 bits per heavy atom. The van der Waals surface area contributed by atoms with Crippen LogP contribution in [0.4, 0.5) is 18.9 Å². The number of hydrogen-bond acceptors (Lipinski definition) is 3. The number of halogens is 3. The van der Waals surface area contributed by atoms with Crippen LogP contribution in [0, 0.1) is 0 Å². The first kappa shape index (κ1) is 14.6. The van der Waals surface area contributed by atoms with Gasteiger partial charge in [0.2, 0.25) is 0 Å². The van der Waals surface area contributed by atoms with Gasteiger partial charge in [0.05, 0.1) is 5.69 Å². The van der Waals surface area contributed by atoms with E-state index in [4.69, 9.17) is 10.5 Å². The fourth-order valence-electron chi connectivity index (χ4n) is 2.23. The Hall–Kier alpha value is -1.76. The van der Waals surface area contributed by atoms with Crippen molar-refractivity contribution in [2.24, 2.45) is 5.73 Å². The van der Waals surface area contributed by atoms with Crippen molar-refractivity contribution in [2.45, 2.75) is 31.7 Å². The van der Waals surface area contributed by atoms with Crippen molar-refractivity contribution in [1.82, 2.24) is 0 Å².